The van der Waals surface area contributed by atoms with Crippen molar-refractivity contribution in [2.75, 3.05) is 0 Å². The average molecular weight is 247 g/mol. The fourth-order valence-electron chi connectivity index (χ4n) is 0.929. The number of hydrogen-bond donors (Lipinski definition) is 2. The van der Waals surface area contributed by atoms with E-state index in [1.807, 2.05) is 0 Å². The molecule has 0 radical (unpaired) electrons. The average Bonchev–Trinajstić information content (AvgIpc) is 2.16. The zero-order valence-corrected chi connectivity index (χ0v) is 8.77. The number of hydrazone groups is 1. The summed E-state index contributed by atoms with van der Waals surface area (Å²) in [4.78, 5) is 0. The van der Waals surface area contributed by atoms with Crippen LogP contribution in [0.25, 0.3) is 0 Å². The lowest BCUT2D eigenvalue weighted by Crippen LogP contribution is -2.23. The number of hydrogen-bond acceptors (Lipinski definition) is 2. The van der Waals surface area contributed by atoms with Crippen molar-refractivity contribution >= 4 is 23.5 Å². The summed E-state index contributed by atoms with van der Waals surface area (Å²) in [6, 6.07) is 4.55. The second-order valence-electron chi connectivity index (χ2n) is 2.85. The Morgan fingerprint density at radius 2 is 1.88 bits per heavy atom. The summed E-state index contributed by atoms with van der Waals surface area (Å²) in [5, 5.41) is 3.60. The molecule has 1 rings (SSSR count). The molecule has 1 aromatic carbocycles. The van der Waals surface area contributed by atoms with E-state index in [0.29, 0.717) is 5.56 Å². The highest BCUT2D eigenvalue weighted by atomic mass is 32.1. The first kappa shape index (κ1) is 12.4. The third kappa shape index (κ3) is 3.85. The van der Waals surface area contributed by atoms with Gasteiger partial charge < -0.3 is 5.73 Å². The highest BCUT2D eigenvalue weighted by Gasteiger charge is 2.29. The van der Waals surface area contributed by atoms with Crippen molar-refractivity contribution in [1.29, 1.82) is 0 Å². The highest BCUT2D eigenvalue weighted by molar-refractivity contribution is 7.80. The number of rotatable bonds is 2. The molecule has 0 unspecified atom stereocenters. The van der Waals surface area contributed by atoms with E-state index in [9.17, 15) is 13.2 Å². The maximum absolute atomic E-state index is 12.2. The van der Waals surface area contributed by atoms with Crippen molar-refractivity contribution in [3.63, 3.8) is 0 Å². The molecule has 0 amide bonds. The number of halogens is 3. The molecule has 0 fully saturated rings. The first-order chi connectivity index (χ1) is 7.39. The lowest BCUT2D eigenvalue weighted by atomic mass is 10.1. The smallest absolute Gasteiger partial charge is 0.375 e. The Labute approximate surface area is 95.1 Å². The van der Waals surface area contributed by atoms with Crippen LogP contribution in [-0.4, -0.2) is 11.3 Å². The van der Waals surface area contributed by atoms with Gasteiger partial charge in [0.25, 0.3) is 0 Å². The fourth-order valence-corrected chi connectivity index (χ4v) is 0.981. The Bertz CT molecular complexity index is 397. The molecular formula is C9H8F3N3S. The first-order valence-corrected chi connectivity index (χ1v) is 4.56. The minimum absolute atomic E-state index is 0.0110. The molecule has 0 heterocycles. The van der Waals surface area contributed by atoms with Gasteiger partial charge in [-0.25, -0.2) is 0 Å². The first-order valence-electron chi connectivity index (χ1n) is 4.15. The van der Waals surface area contributed by atoms with E-state index in [-0.39, 0.29) is 5.11 Å². The van der Waals surface area contributed by atoms with Crippen molar-refractivity contribution in [3.8, 4) is 0 Å². The zero-order valence-electron chi connectivity index (χ0n) is 7.95. The molecule has 0 atom stereocenters. The third-order valence-electron chi connectivity index (χ3n) is 1.63. The van der Waals surface area contributed by atoms with Crippen LogP contribution in [0.5, 0.6) is 0 Å². The van der Waals surface area contributed by atoms with Gasteiger partial charge in [0.2, 0.25) is 0 Å². The SMILES string of the molecule is NC(=S)N/N=C\c1ccc(C(F)(F)F)cc1. The van der Waals surface area contributed by atoms with Crippen LogP contribution in [0.15, 0.2) is 29.4 Å². The standard InChI is InChI=1S/C9H8F3N3S/c10-9(11,12)7-3-1-6(2-4-7)5-14-15-8(13)16/h1-5H,(H3,13,15,16)/b14-5-. The minimum Gasteiger partial charge on any atom is -0.375 e. The maximum Gasteiger partial charge on any atom is 0.416 e. The quantitative estimate of drug-likeness (QED) is 0.476. The highest BCUT2D eigenvalue weighted by Crippen LogP contribution is 2.28. The molecule has 0 spiro atoms. The molecule has 3 nitrogen and oxygen atoms in total. The third-order valence-corrected chi connectivity index (χ3v) is 1.72. The Balaban J connectivity index is 2.72. The van der Waals surface area contributed by atoms with Gasteiger partial charge in [-0.15, -0.1) is 0 Å². The van der Waals surface area contributed by atoms with E-state index in [1.165, 1.54) is 18.3 Å². The summed E-state index contributed by atoms with van der Waals surface area (Å²) in [6.45, 7) is 0. The van der Waals surface area contributed by atoms with Crippen molar-refractivity contribution in [2.45, 2.75) is 6.18 Å². The van der Waals surface area contributed by atoms with E-state index >= 15 is 0 Å². The molecule has 0 bridgehead atoms. The Kier molecular flexibility index (Phi) is 3.83. The van der Waals surface area contributed by atoms with Gasteiger partial charge in [-0.05, 0) is 29.9 Å². The van der Waals surface area contributed by atoms with Gasteiger partial charge in [0.1, 0.15) is 0 Å². The molecule has 0 aliphatic carbocycles. The van der Waals surface area contributed by atoms with Crippen LogP contribution >= 0.6 is 12.2 Å². The lowest BCUT2D eigenvalue weighted by Gasteiger charge is -2.05. The van der Waals surface area contributed by atoms with Crippen LogP contribution < -0.4 is 11.2 Å². The molecule has 0 aromatic heterocycles. The maximum atomic E-state index is 12.2. The normalized spacial score (nSPS) is 11.7. The zero-order chi connectivity index (χ0) is 12.2. The number of nitrogens with one attached hydrogen (secondary N) is 1. The summed E-state index contributed by atoms with van der Waals surface area (Å²) in [7, 11) is 0. The van der Waals surface area contributed by atoms with E-state index in [1.54, 1.807) is 0 Å². The molecule has 0 aliphatic rings. The van der Waals surface area contributed by atoms with Crippen LogP contribution in [0, 0.1) is 0 Å². The molecule has 0 aliphatic heterocycles. The van der Waals surface area contributed by atoms with Crippen LogP contribution in [0.3, 0.4) is 0 Å². The van der Waals surface area contributed by atoms with Gasteiger partial charge in [0.05, 0.1) is 11.8 Å². The van der Waals surface area contributed by atoms with Gasteiger partial charge in [-0.1, -0.05) is 12.1 Å². The molecule has 1 aromatic rings. The summed E-state index contributed by atoms with van der Waals surface area (Å²) < 4.78 is 36.6. The Hall–Kier alpha value is -1.63. The lowest BCUT2D eigenvalue weighted by molar-refractivity contribution is -0.137. The van der Waals surface area contributed by atoms with Gasteiger partial charge >= 0.3 is 6.18 Å². The van der Waals surface area contributed by atoms with E-state index in [4.69, 9.17) is 5.73 Å². The van der Waals surface area contributed by atoms with Gasteiger partial charge in [-0.2, -0.15) is 18.3 Å². The summed E-state index contributed by atoms with van der Waals surface area (Å²) >= 11 is 4.48. The molecular weight excluding hydrogens is 239 g/mol. The largest absolute Gasteiger partial charge is 0.416 e. The molecule has 0 saturated carbocycles. The summed E-state index contributed by atoms with van der Waals surface area (Å²) in [6.07, 6.45) is -3.01. The monoisotopic (exact) mass is 247 g/mol. The van der Waals surface area contributed by atoms with E-state index in [2.05, 4.69) is 22.7 Å². The number of nitrogens with two attached hydrogens (primary N) is 1. The molecule has 16 heavy (non-hydrogen) atoms. The van der Waals surface area contributed by atoms with Crippen LogP contribution in [0.1, 0.15) is 11.1 Å². The van der Waals surface area contributed by atoms with E-state index < -0.39 is 11.7 Å². The molecule has 7 heteroatoms. The summed E-state index contributed by atoms with van der Waals surface area (Å²) in [5.74, 6) is 0. The Morgan fingerprint density at radius 3 is 2.31 bits per heavy atom. The number of benzene rings is 1. The Morgan fingerprint density at radius 1 is 1.31 bits per heavy atom. The second kappa shape index (κ2) is 4.93. The van der Waals surface area contributed by atoms with Gasteiger partial charge in [-0.3, -0.25) is 5.43 Å². The van der Waals surface area contributed by atoms with Crippen LogP contribution in [-0.2, 0) is 6.18 Å². The topological polar surface area (TPSA) is 50.4 Å². The predicted molar refractivity (Wildman–Crippen MR) is 59.0 cm³/mol. The van der Waals surface area contributed by atoms with Gasteiger partial charge in [0, 0.05) is 0 Å². The molecule has 3 N–H and O–H groups in total. The summed E-state index contributed by atoms with van der Waals surface area (Å²) in [5.41, 5.74) is 7.20. The van der Waals surface area contributed by atoms with E-state index in [0.717, 1.165) is 12.1 Å². The van der Waals surface area contributed by atoms with Crippen molar-refractivity contribution < 1.29 is 13.2 Å². The minimum atomic E-state index is -4.33. The molecule has 86 valence electrons. The van der Waals surface area contributed by atoms with Crippen LogP contribution in [0.4, 0.5) is 13.2 Å². The second-order valence-corrected chi connectivity index (χ2v) is 3.29. The van der Waals surface area contributed by atoms with Gasteiger partial charge in [0.15, 0.2) is 5.11 Å². The van der Waals surface area contributed by atoms with Crippen LogP contribution in [0.2, 0.25) is 0 Å². The van der Waals surface area contributed by atoms with Crippen molar-refractivity contribution in [2.24, 2.45) is 10.8 Å². The fraction of sp³-hybridized carbons (Fsp3) is 0.111. The predicted octanol–water partition coefficient (Wildman–Crippen LogP) is 1.87. The van der Waals surface area contributed by atoms with Crippen molar-refractivity contribution in [1.82, 2.24) is 5.43 Å². The molecule has 0 saturated heterocycles. The number of nitrogens with zero attached hydrogens (tertiary/aromatic N) is 1. The number of alkyl halides is 3. The number of thiocarbonyl (C=S) groups is 1. The van der Waals surface area contributed by atoms with Crippen molar-refractivity contribution in [3.05, 3.63) is 35.4 Å².